The van der Waals surface area contributed by atoms with Crippen LogP contribution in [0.3, 0.4) is 0 Å². The lowest BCUT2D eigenvalue weighted by Gasteiger charge is -2.45. The fourth-order valence-electron chi connectivity index (χ4n) is 6.87. The molecule has 3 atom stereocenters. The zero-order valence-electron chi connectivity index (χ0n) is 23.3. The SMILES string of the molecule is CCCC(=O)OCC(CO)(CO)CC1(CC(CO)(CO)COC(=O)CCC)CC2CCC(C(=O)OC)C2C1. The molecule has 0 bridgehead atoms. The summed E-state index contributed by atoms with van der Waals surface area (Å²) in [6.07, 6.45) is 4.89. The van der Waals surface area contributed by atoms with Gasteiger partial charge in [-0.05, 0) is 68.6 Å². The number of aliphatic hydroxyl groups is 4. The Morgan fingerprint density at radius 1 is 0.789 bits per heavy atom. The number of hydrogen-bond acceptors (Lipinski definition) is 10. The van der Waals surface area contributed by atoms with E-state index in [1.807, 2.05) is 13.8 Å². The van der Waals surface area contributed by atoms with E-state index in [0.29, 0.717) is 25.7 Å². The highest BCUT2D eigenvalue weighted by atomic mass is 16.5. The predicted octanol–water partition coefficient (Wildman–Crippen LogP) is 1.99. The molecule has 0 aromatic heterocycles. The number of esters is 3. The van der Waals surface area contributed by atoms with Crippen LogP contribution in [0.5, 0.6) is 0 Å². The first-order valence-electron chi connectivity index (χ1n) is 13.9. The second kappa shape index (κ2) is 14.6. The topological polar surface area (TPSA) is 160 Å². The number of hydrogen-bond donors (Lipinski definition) is 4. The Morgan fingerprint density at radius 2 is 1.26 bits per heavy atom. The molecule has 38 heavy (non-hydrogen) atoms. The number of aliphatic hydroxyl groups excluding tert-OH is 4. The van der Waals surface area contributed by atoms with E-state index < -0.39 is 54.6 Å². The van der Waals surface area contributed by atoms with Gasteiger partial charge in [0.15, 0.2) is 0 Å². The lowest BCUT2D eigenvalue weighted by molar-refractivity contribution is -0.155. The van der Waals surface area contributed by atoms with Gasteiger partial charge in [-0.1, -0.05) is 13.8 Å². The second-order valence-corrected chi connectivity index (χ2v) is 11.8. The zero-order valence-corrected chi connectivity index (χ0v) is 23.3. The largest absolute Gasteiger partial charge is 0.469 e. The Labute approximate surface area is 226 Å². The molecule has 2 aliphatic rings. The van der Waals surface area contributed by atoms with Crippen molar-refractivity contribution in [1.29, 1.82) is 0 Å². The highest BCUT2D eigenvalue weighted by Crippen LogP contribution is 2.62. The van der Waals surface area contributed by atoms with Crippen LogP contribution in [0.2, 0.25) is 0 Å². The van der Waals surface area contributed by atoms with Crippen LogP contribution >= 0.6 is 0 Å². The monoisotopic (exact) mass is 544 g/mol. The summed E-state index contributed by atoms with van der Waals surface area (Å²) in [6.45, 7) is 1.63. The van der Waals surface area contributed by atoms with Crippen LogP contribution in [0, 0.1) is 34.0 Å². The molecule has 2 rings (SSSR count). The quantitative estimate of drug-likeness (QED) is 0.157. The summed E-state index contributed by atoms with van der Waals surface area (Å²) in [4.78, 5) is 36.8. The summed E-state index contributed by atoms with van der Waals surface area (Å²) < 4.78 is 15.9. The smallest absolute Gasteiger partial charge is 0.308 e. The van der Waals surface area contributed by atoms with Crippen LogP contribution in [-0.2, 0) is 28.6 Å². The number of fused-ring (bicyclic) bond motifs is 1. The zero-order chi connectivity index (χ0) is 28.4. The van der Waals surface area contributed by atoms with Crippen LogP contribution in [-0.4, -0.2) is 85.1 Å². The van der Waals surface area contributed by atoms with E-state index in [1.54, 1.807) is 0 Å². The van der Waals surface area contributed by atoms with Gasteiger partial charge in [-0.3, -0.25) is 14.4 Å². The van der Waals surface area contributed by atoms with Crippen LogP contribution in [0.15, 0.2) is 0 Å². The van der Waals surface area contributed by atoms with Crippen molar-refractivity contribution < 1.29 is 49.0 Å². The molecule has 0 aromatic rings. The molecule has 0 saturated heterocycles. The molecular formula is C28H48O10. The van der Waals surface area contributed by atoms with Gasteiger partial charge in [-0.2, -0.15) is 0 Å². The molecule has 10 nitrogen and oxygen atoms in total. The minimum absolute atomic E-state index is 0.0119. The molecule has 0 spiro atoms. The van der Waals surface area contributed by atoms with Crippen molar-refractivity contribution in [2.75, 3.05) is 46.8 Å². The molecule has 220 valence electrons. The standard InChI is InChI=1S/C28H48O10/c1-4-6-23(33)37-18-27(14-29,15-30)12-26(10-20-8-9-21(22(20)11-26)25(35)36-3)13-28(16-31,17-32)19-38-24(34)7-5-2/h20-22,29-32H,4-19H2,1-3H3. The molecule has 3 unspecified atom stereocenters. The molecule has 0 radical (unpaired) electrons. The van der Waals surface area contributed by atoms with Gasteiger partial charge in [0.05, 0.1) is 50.3 Å². The molecule has 10 heteroatoms. The molecule has 0 aromatic carbocycles. The number of methoxy groups -OCH3 is 1. The van der Waals surface area contributed by atoms with Crippen LogP contribution in [0.4, 0.5) is 0 Å². The summed E-state index contributed by atoms with van der Waals surface area (Å²) in [6, 6.07) is 0. The van der Waals surface area contributed by atoms with E-state index in [2.05, 4.69) is 0 Å². The van der Waals surface area contributed by atoms with E-state index >= 15 is 0 Å². The molecular weight excluding hydrogens is 496 g/mol. The van der Waals surface area contributed by atoms with Gasteiger partial charge >= 0.3 is 17.9 Å². The first-order chi connectivity index (χ1) is 18.1. The van der Waals surface area contributed by atoms with E-state index in [4.69, 9.17) is 14.2 Å². The van der Waals surface area contributed by atoms with Crippen molar-refractivity contribution in [1.82, 2.24) is 0 Å². The van der Waals surface area contributed by atoms with Gasteiger partial charge in [0.1, 0.15) is 13.2 Å². The van der Waals surface area contributed by atoms with Gasteiger partial charge in [0.25, 0.3) is 0 Å². The molecule has 0 aliphatic heterocycles. The van der Waals surface area contributed by atoms with Gasteiger partial charge < -0.3 is 34.6 Å². The number of rotatable bonds is 17. The fourth-order valence-corrected chi connectivity index (χ4v) is 6.87. The first-order valence-corrected chi connectivity index (χ1v) is 13.9. The van der Waals surface area contributed by atoms with Gasteiger partial charge in [-0.15, -0.1) is 0 Å². The van der Waals surface area contributed by atoms with Crippen molar-refractivity contribution in [3.8, 4) is 0 Å². The van der Waals surface area contributed by atoms with Crippen molar-refractivity contribution >= 4 is 17.9 Å². The second-order valence-electron chi connectivity index (χ2n) is 11.8. The Balaban J connectivity index is 2.40. The van der Waals surface area contributed by atoms with Crippen molar-refractivity contribution in [3.05, 3.63) is 0 Å². The van der Waals surface area contributed by atoms with Crippen LogP contribution in [0.1, 0.15) is 78.1 Å². The van der Waals surface area contributed by atoms with E-state index in [0.717, 1.165) is 12.8 Å². The lowest BCUT2D eigenvalue weighted by atomic mass is 9.62. The van der Waals surface area contributed by atoms with E-state index in [9.17, 15) is 34.8 Å². The normalized spacial score (nSPS) is 22.7. The highest BCUT2D eigenvalue weighted by molar-refractivity contribution is 5.73. The van der Waals surface area contributed by atoms with E-state index in [1.165, 1.54) is 7.11 Å². The molecule has 2 saturated carbocycles. The van der Waals surface area contributed by atoms with Gasteiger partial charge in [-0.25, -0.2) is 0 Å². The minimum Gasteiger partial charge on any atom is -0.469 e. The number of carbonyl (C=O) groups is 3. The number of carbonyl (C=O) groups excluding carboxylic acids is 3. The Kier molecular flexibility index (Phi) is 12.5. The number of ether oxygens (including phenoxy) is 3. The molecule has 2 aliphatic carbocycles. The Bertz CT molecular complexity index is 734. The molecule has 0 heterocycles. The summed E-state index contributed by atoms with van der Waals surface area (Å²) in [7, 11) is 1.37. The highest BCUT2D eigenvalue weighted by Gasteiger charge is 2.57. The van der Waals surface area contributed by atoms with E-state index in [-0.39, 0.29) is 62.6 Å². The summed E-state index contributed by atoms with van der Waals surface area (Å²) in [5.41, 5.74) is -2.94. The average Bonchev–Trinajstić information content (AvgIpc) is 3.46. The third kappa shape index (κ3) is 7.90. The molecule has 4 N–H and O–H groups in total. The maximum absolute atomic E-state index is 12.5. The maximum atomic E-state index is 12.5. The van der Waals surface area contributed by atoms with Gasteiger partial charge in [0, 0.05) is 12.8 Å². The van der Waals surface area contributed by atoms with Gasteiger partial charge in [0.2, 0.25) is 0 Å². The average molecular weight is 545 g/mol. The predicted molar refractivity (Wildman–Crippen MR) is 138 cm³/mol. The summed E-state index contributed by atoms with van der Waals surface area (Å²) >= 11 is 0. The van der Waals surface area contributed by atoms with Crippen LogP contribution < -0.4 is 0 Å². The Morgan fingerprint density at radius 3 is 1.66 bits per heavy atom. The first kappa shape index (κ1) is 32.5. The molecule has 0 amide bonds. The third-order valence-corrected chi connectivity index (χ3v) is 8.67. The lowest BCUT2D eigenvalue weighted by Crippen LogP contribution is -2.46. The fraction of sp³-hybridized carbons (Fsp3) is 0.893. The molecule has 2 fully saturated rings. The van der Waals surface area contributed by atoms with Crippen LogP contribution in [0.25, 0.3) is 0 Å². The minimum atomic E-state index is -1.15. The van der Waals surface area contributed by atoms with Crippen molar-refractivity contribution in [3.63, 3.8) is 0 Å². The van der Waals surface area contributed by atoms with Crippen molar-refractivity contribution in [2.24, 2.45) is 34.0 Å². The van der Waals surface area contributed by atoms with Crippen molar-refractivity contribution in [2.45, 2.75) is 78.1 Å². The summed E-state index contributed by atoms with van der Waals surface area (Å²) in [5.74, 6) is -1.16. The third-order valence-electron chi connectivity index (χ3n) is 8.67. The summed E-state index contributed by atoms with van der Waals surface area (Å²) in [5, 5.41) is 41.7. The Hall–Kier alpha value is -1.75. The maximum Gasteiger partial charge on any atom is 0.308 e.